The number of hydrogen-bond donors (Lipinski definition) is 1. The second-order valence-electron chi connectivity index (χ2n) is 6.59. The van der Waals surface area contributed by atoms with Crippen molar-refractivity contribution in [3.05, 3.63) is 87.3 Å². The number of halogens is 1. The molecule has 0 bridgehead atoms. The van der Waals surface area contributed by atoms with E-state index in [-0.39, 0.29) is 5.91 Å². The molecule has 2 heterocycles. The van der Waals surface area contributed by atoms with Gasteiger partial charge in [0.2, 0.25) is 0 Å². The number of aromatic nitrogens is 2. The summed E-state index contributed by atoms with van der Waals surface area (Å²) in [6.07, 6.45) is 4.01. The van der Waals surface area contributed by atoms with Crippen molar-refractivity contribution in [3.8, 4) is 11.3 Å². The summed E-state index contributed by atoms with van der Waals surface area (Å²) in [6, 6.07) is 17.7. The zero-order valence-electron chi connectivity index (χ0n) is 15.0. The Balaban J connectivity index is 1.67. The average Bonchev–Trinajstić information content (AvgIpc) is 3.06. The lowest BCUT2D eigenvalue weighted by Crippen LogP contribution is -2.13. The summed E-state index contributed by atoms with van der Waals surface area (Å²) < 4.78 is 3.04. The lowest BCUT2D eigenvalue weighted by Gasteiger charge is -2.10. The third kappa shape index (κ3) is 3.73. The molecule has 2 aromatic heterocycles. The molecule has 4 aromatic rings. The highest BCUT2D eigenvalue weighted by atomic mass is 127. The largest absolute Gasteiger partial charge is 0.322 e. The number of rotatable bonds is 3. The van der Waals surface area contributed by atoms with E-state index in [1.807, 2.05) is 66.2 Å². The molecule has 0 spiro atoms. The van der Waals surface area contributed by atoms with Crippen LogP contribution in [0.2, 0.25) is 0 Å². The van der Waals surface area contributed by atoms with Gasteiger partial charge in [0.15, 0.2) is 0 Å². The fraction of sp³-hybridized carbons (Fsp3) is 0.0909. The Bertz CT molecular complexity index is 1160. The molecular weight excluding hydrogens is 449 g/mol. The molecule has 0 saturated heterocycles. The summed E-state index contributed by atoms with van der Waals surface area (Å²) in [5.41, 5.74) is 6.39. The summed E-state index contributed by atoms with van der Waals surface area (Å²) >= 11 is 2.21. The number of anilines is 1. The molecule has 134 valence electrons. The third-order valence-corrected chi connectivity index (χ3v) is 5.16. The van der Waals surface area contributed by atoms with Gasteiger partial charge < -0.3 is 9.72 Å². The monoisotopic (exact) mass is 467 g/mol. The molecule has 0 aliphatic rings. The van der Waals surface area contributed by atoms with E-state index in [0.29, 0.717) is 5.56 Å². The zero-order chi connectivity index (χ0) is 19.0. The van der Waals surface area contributed by atoms with Crippen molar-refractivity contribution >= 4 is 39.8 Å². The summed E-state index contributed by atoms with van der Waals surface area (Å²) in [5.74, 6) is -0.112. The van der Waals surface area contributed by atoms with Gasteiger partial charge in [0.25, 0.3) is 5.91 Å². The Morgan fingerprint density at radius 2 is 1.93 bits per heavy atom. The topological polar surface area (TPSA) is 46.4 Å². The Hall–Kier alpha value is -2.67. The smallest absolute Gasteiger partial charge is 0.255 e. The fourth-order valence-electron chi connectivity index (χ4n) is 2.96. The summed E-state index contributed by atoms with van der Waals surface area (Å²) in [7, 11) is 0. The Morgan fingerprint density at radius 1 is 1.07 bits per heavy atom. The molecule has 0 aliphatic carbocycles. The number of benzene rings is 2. The van der Waals surface area contributed by atoms with E-state index >= 15 is 0 Å². The number of carbonyl (C=O) groups excluding carboxylic acids is 1. The second-order valence-corrected chi connectivity index (χ2v) is 7.84. The van der Waals surface area contributed by atoms with Crippen molar-refractivity contribution in [1.29, 1.82) is 0 Å². The van der Waals surface area contributed by atoms with Crippen LogP contribution in [0.1, 0.15) is 21.5 Å². The predicted octanol–water partition coefficient (Wildman–Crippen LogP) is 5.48. The minimum absolute atomic E-state index is 0.112. The number of pyridine rings is 1. The highest BCUT2D eigenvalue weighted by molar-refractivity contribution is 14.1. The average molecular weight is 467 g/mol. The van der Waals surface area contributed by atoms with Crippen LogP contribution in [0.15, 0.2) is 67.0 Å². The van der Waals surface area contributed by atoms with Crippen LogP contribution in [0.5, 0.6) is 0 Å². The number of fused-ring (bicyclic) bond motifs is 1. The van der Waals surface area contributed by atoms with Crippen molar-refractivity contribution in [1.82, 2.24) is 9.38 Å². The Morgan fingerprint density at radius 3 is 2.74 bits per heavy atom. The Kier molecular flexibility index (Phi) is 4.70. The molecule has 4 rings (SSSR count). The van der Waals surface area contributed by atoms with E-state index in [9.17, 15) is 4.79 Å². The molecule has 1 amide bonds. The first-order valence-electron chi connectivity index (χ1n) is 8.63. The van der Waals surface area contributed by atoms with Gasteiger partial charge in [0.1, 0.15) is 5.65 Å². The summed E-state index contributed by atoms with van der Waals surface area (Å²) in [6.45, 7) is 4.04. The van der Waals surface area contributed by atoms with Gasteiger partial charge in [0, 0.05) is 32.8 Å². The van der Waals surface area contributed by atoms with E-state index in [2.05, 4.69) is 47.0 Å². The van der Waals surface area contributed by atoms with Gasteiger partial charge in [-0.2, -0.15) is 0 Å². The van der Waals surface area contributed by atoms with Gasteiger partial charge in [-0.3, -0.25) is 4.79 Å². The third-order valence-electron chi connectivity index (χ3n) is 4.48. The highest BCUT2D eigenvalue weighted by Crippen LogP contribution is 2.26. The number of carbonyl (C=O) groups is 1. The van der Waals surface area contributed by atoms with E-state index in [1.54, 1.807) is 0 Å². The number of amides is 1. The number of imidazole rings is 1. The van der Waals surface area contributed by atoms with Crippen LogP contribution in [-0.4, -0.2) is 15.3 Å². The van der Waals surface area contributed by atoms with Crippen LogP contribution >= 0.6 is 22.6 Å². The van der Waals surface area contributed by atoms with Crippen molar-refractivity contribution < 1.29 is 4.79 Å². The number of nitrogens with one attached hydrogen (secondary N) is 1. The zero-order valence-corrected chi connectivity index (χ0v) is 17.2. The normalized spacial score (nSPS) is 10.9. The van der Waals surface area contributed by atoms with E-state index < -0.39 is 0 Å². The maximum Gasteiger partial charge on any atom is 0.255 e. The standard InChI is InChI=1S/C22H18IN3O/c1-14-8-9-26-13-20(24-21(26)10-14)16-7-6-15(2)19(12-16)25-22(27)17-4-3-5-18(23)11-17/h3-13H,1-2H3,(H,25,27). The summed E-state index contributed by atoms with van der Waals surface area (Å²) in [5, 5.41) is 3.03. The molecule has 0 radical (unpaired) electrons. The maximum atomic E-state index is 12.6. The highest BCUT2D eigenvalue weighted by Gasteiger charge is 2.11. The van der Waals surface area contributed by atoms with Gasteiger partial charge in [0.05, 0.1) is 5.69 Å². The van der Waals surface area contributed by atoms with Crippen molar-refractivity contribution in [3.63, 3.8) is 0 Å². The lowest BCUT2D eigenvalue weighted by molar-refractivity contribution is 0.102. The maximum absolute atomic E-state index is 12.6. The molecule has 0 unspecified atom stereocenters. The predicted molar refractivity (Wildman–Crippen MR) is 117 cm³/mol. The lowest BCUT2D eigenvalue weighted by atomic mass is 10.1. The minimum Gasteiger partial charge on any atom is -0.322 e. The van der Waals surface area contributed by atoms with Crippen molar-refractivity contribution in [2.75, 3.05) is 5.32 Å². The van der Waals surface area contributed by atoms with Crippen LogP contribution in [-0.2, 0) is 0 Å². The van der Waals surface area contributed by atoms with Gasteiger partial charge in [-0.05, 0) is 84.0 Å². The SMILES string of the molecule is Cc1ccn2cc(-c3ccc(C)c(NC(=O)c4cccc(I)c4)c3)nc2c1. The van der Waals surface area contributed by atoms with E-state index in [1.165, 1.54) is 5.56 Å². The molecule has 0 saturated carbocycles. The van der Waals surface area contributed by atoms with Crippen LogP contribution in [0.3, 0.4) is 0 Å². The van der Waals surface area contributed by atoms with Crippen molar-refractivity contribution in [2.45, 2.75) is 13.8 Å². The van der Waals surface area contributed by atoms with E-state index in [0.717, 1.165) is 31.7 Å². The fourth-order valence-corrected chi connectivity index (χ4v) is 3.51. The van der Waals surface area contributed by atoms with Gasteiger partial charge >= 0.3 is 0 Å². The first-order chi connectivity index (χ1) is 13.0. The van der Waals surface area contributed by atoms with Crippen LogP contribution in [0, 0.1) is 17.4 Å². The molecule has 0 atom stereocenters. The Labute approximate surface area is 171 Å². The molecule has 1 N–H and O–H groups in total. The first kappa shape index (κ1) is 17.7. The molecule has 27 heavy (non-hydrogen) atoms. The molecule has 2 aromatic carbocycles. The molecular formula is C22H18IN3O. The first-order valence-corrected chi connectivity index (χ1v) is 9.71. The molecule has 5 heteroatoms. The van der Waals surface area contributed by atoms with Crippen LogP contribution < -0.4 is 5.32 Å². The molecule has 4 nitrogen and oxygen atoms in total. The van der Waals surface area contributed by atoms with E-state index in [4.69, 9.17) is 4.98 Å². The van der Waals surface area contributed by atoms with Gasteiger partial charge in [-0.1, -0.05) is 18.2 Å². The number of aryl methyl sites for hydroxylation is 2. The van der Waals surface area contributed by atoms with Crippen molar-refractivity contribution in [2.24, 2.45) is 0 Å². The second kappa shape index (κ2) is 7.15. The quantitative estimate of drug-likeness (QED) is 0.406. The van der Waals surface area contributed by atoms with Crippen LogP contribution in [0.4, 0.5) is 5.69 Å². The minimum atomic E-state index is -0.112. The van der Waals surface area contributed by atoms with Gasteiger partial charge in [-0.25, -0.2) is 4.98 Å². The molecule has 0 aliphatic heterocycles. The number of hydrogen-bond acceptors (Lipinski definition) is 2. The van der Waals surface area contributed by atoms with Crippen LogP contribution in [0.25, 0.3) is 16.9 Å². The summed E-state index contributed by atoms with van der Waals surface area (Å²) in [4.78, 5) is 17.3. The van der Waals surface area contributed by atoms with Gasteiger partial charge in [-0.15, -0.1) is 0 Å². The number of nitrogens with zero attached hydrogens (tertiary/aromatic N) is 2. The molecule has 0 fully saturated rings.